The van der Waals surface area contributed by atoms with Gasteiger partial charge in [-0.3, -0.25) is 0 Å². The molecule has 0 amide bonds. The summed E-state index contributed by atoms with van der Waals surface area (Å²) < 4.78 is 15.3. The molecule has 0 aliphatic carbocycles. The number of anilines is 1. The third kappa shape index (κ3) is 2.96. The lowest BCUT2D eigenvalue weighted by Gasteiger charge is -2.02. The Bertz CT molecular complexity index is 501. The number of nitrogens with zero attached hydrogens (tertiary/aromatic N) is 1. The van der Waals surface area contributed by atoms with E-state index in [0.29, 0.717) is 16.4 Å². The molecule has 2 rings (SSSR count). The minimum Gasteiger partial charge on any atom is -0.375 e. The summed E-state index contributed by atoms with van der Waals surface area (Å²) in [5.74, 6) is 0.389. The van der Waals surface area contributed by atoms with E-state index < -0.39 is 0 Å². The van der Waals surface area contributed by atoms with Gasteiger partial charge in [-0.25, -0.2) is 9.37 Å². The fraction of sp³-hybridized carbons (Fsp3) is 0.100. The van der Waals surface area contributed by atoms with Crippen LogP contribution in [0.3, 0.4) is 0 Å². The maximum Gasteiger partial charge on any atom is 0.181 e. The van der Waals surface area contributed by atoms with Gasteiger partial charge in [0.1, 0.15) is 5.82 Å². The van der Waals surface area contributed by atoms with Crippen molar-refractivity contribution < 1.29 is 4.39 Å². The van der Waals surface area contributed by atoms with Crippen LogP contribution in [0.25, 0.3) is 0 Å². The molecular formula is C10H8BrFN2S2. The van der Waals surface area contributed by atoms with Gasteiger partial charge in [-0.2, -0.15) is 0 Å². The number of aromatic nitrogens is 1. The Morgan fingerprint density at radius 2 is 2.31 bits per heavy atom. The molecule has 0 radical (unpaired) electrons. The zero-order valence-electron chi connectivity index (χ0n) is 8.11. The first kappa shape index (κ1) is 11.9. The second-order valence-corrected chi connectivity index (χ2v) is 6.30. The smallest absolute Gasteiger partial charge is 0.181 e. The van der Waals surface area contributed by atoms with E-state index in [1.54, 1.807) is 18.3 Å². The van der Waals surface area contributed by atoms with Crippen molar-refractivity contribution in [3.8, 4) is 0 Å². The monoisotopic (exact) mass is 318 g/mol. The molecule has 2 aromatic rings. The van der Waals surface area contributed by atoms with Crippen LogP contribution < -0.4 is 5.73 Å². The Morgan fingerprint density at radius 3 is 3.00 bits per heavy atom. The van der Waals surface area contributed by atoms with E-state index in [4.69, 9.17) is 5.73 Å². The number of hydrogen-bond acceptors (Lipinski definition) is 4. The second kappa shape index (κ2) is 5.16. The largest absolute Gasteiger partial charge is 0.375 e. The van der Waals surface area contributed by atoms with Crippen molar-refractivity contribution in [3.05, 3.63) is 40.2 Å². The number of thiazole rings is 1. The Labute approximate surface area is 109 Å². The first-order valence-corrected chi connectivity index (χ1v) is 7.02. The average molecular weight is 319 g/mol. The molecule has 6 heteroatoms. The first-order valence-electron chi connectivity index (χ1n) is 4.43. The second-order valence-electron chi connectivity index (χ2n) is 3.04. The number of hydrogen-bond donors (Lipinski definition) is 1. The molecule has 16 heavy (non-hydrogen) atoms. The van der Waals surface area contributed by atoms with Crippen LogP contribution in [0.15, 0.2) is 33.1 Å². The van der Waals surface area contributed by atoms with Gasteiger partial charge in [-0.15, -0.1) is 11.8 Å². The molecule has 0 spiro atoms. The lowest BCUT2D eigenvalue weighted by Crippen LogP contribution is -1.86. The van der Waals surface area contributed by atoms with E-state index in [1.165, 1.54) is 29.2 Å². The highest BCUT2D eigenvalue weighted by atomic mass is 79.9. The molecule has 1 heterocycles. The molecule has 84 valence electrons. The first-order chi connectivity index (χ1) is 7.65. The predicted molar refractivity (Wildman–Crippen MR) is 70.2 cm³/mol. The van der Waals surface area contributed by atoms with Gasteiger partial charge in [0.25, 0.3) is 0 Å². The van der Waals surface area contributed by atoms with Crippen LogP contribution in [-0.2, 0) is 5.75 Å². The highest BCUT2D eigenvalue weighted by molar-refractivity contribution is 9.10. The molecule has 1 aromatic heterocycles. The predicted octanol–water partition coefficient (Wildman–Crippen LogP) is 3.92. The minimum absolute atomic E-state index is 0.187. The van der Waals surface area contributed by atoms with E-state index in [0.717, 1.165) is 8.68 Å². The quantitative estimate of drug-likeness (QED) is 0.872. The SMILES string of the molecule is Nc1ncc(SCc2cc(Br)ccc2F)s1. The van der Waals surface area contributed by atoms with E-state index in [1.807, 2.05) is 0 Å². The Kier molecular flexibility index (Phi) is 3.83. The highest BCUT2D eigenvalue weighted by Crippen LogP contribution is 2.30. The standard InChI is InChI=1S/C10H8BrFN2S2/c11-7-1-2-8(12)6(3-7)5-15-9-4-14-10(13)16-9/h1-4H,5H2,(H2,13,14). The fourth-order valence-electron chi connectivity index (χ4n) is 1.14. The van der Waals surface area contributed by atoms with Crippen LogP contribution in [0, 0.1) is 5.82 Å². The summed E-state index contributed by atoms with van der Waals surface area (Å²) in [4.78, 5) is 3.94. The van der Waals surface area contributed by atoms with Crippen LogP contribution in [0.5, 0.6) is 0 Å². The van der Waals surface area contributed by atoms with Crippen LogP contribution in [0.4, 0.5) is 9.52 Å². The van der Waals surface area contributed by atoms with Crippen LogP contribution in [0.1, 0.15) is 5.56 Å². The molecule has 1 aromatic carbocycles. The number of halogens is 2. The molecular weight excluding hydrogens is 311 g/mol. The summed E-state index contributed by atoms with van der Waals surface area (Å²) in [6.07, 6.45) is 1.71. The molecule has 0 saturated carbocycles. The van der Waals surface area contributed by atoms with Crippen molar-refractivity contribution in [2.45, 2.75) is 9.96 Å². The zero-order valence-corrected chi connectivity index (χ0v) is 11.3. The molecule has 0 aliphatic heterocycles. The number of rotatable bonds is 3. The minimum atomic E-state index is -0.187. The van der Waals surface area contributed by atoms with Gasteiger partial charge >= 0.3 is 0 Å². The lowest BCUT2D eigenvalue weighted by atomic mass is 10.2. The lowest BCUT2D eigenvalue weighted by molar-refractivity contribution is 0.617. The van der Waals surface area contributed by atoms with Gasteiger partial charge in [-0.05, 0) is 23.8 Å². The van der Waals surface area contributed by atoms with Crippen LogP contribution in [-0.4, -0.2) is 4.98 Å². The Hall–Kier alpha value is -0.590. The van der Waals surface area contributed by atoms with Crippen LogP contribution >= 0.6 is 39.0 Å². The summed E-state index contributed by atoms with van der Waals surface area (Å²) in [6.45, 7) is 0. The molecule has 2 nitrogen and oxygen atoms in total. The van der Waals surface area contributed by atoms with Crippen LogP contribution in [0.2, 0.25) is 0 Å². The van der Waals surface area contributed by atoms with Crippen molar-refractivity contribution in [2.24, 2.45) is 0 Å². The Morgan fingerprint density at radius 1 is 1.50 bits per heavy atom. The number of benzene rings is 1. The Balaban J connectivity index is 2.07. The molecule has 0 aliphatic rings. The summed E-state index contributed by atoms with van der Waals surface area (Å²) >= 11 is 6.27. The van der Waals surface area contributed by atoms with Gasteiger partial charge in [0.15, 0.2) is 5.13 Å². The van der Waals surface area contributed by atoms with Gasteiger partial charge in [0.05, 0.1) is 10.4 Å². The number of nitrogen functional groups attached to an aromatic ring is 1. The van der Waals surface area contributed by atoms with Gasteiger partial charge in [-0.1, -0.05) is 27.3 Å². The molecule has 0 saturated heterocycles. The summed E-state index contributed by atoms with van der Waals surface area (Å²) in [7, 11) is 0. The summed E-state index contributed by atoms with van der Waals surface area (Å²) in [6, 6.07) is 4.93. The zero-order chi connectivity index (χ0) is 11.5. The molecule has 0 bridgehead atoms. The third-order valence-corrected chi connectivity index (χ3v) is 4.44. The number of nitrogens with two attached hydrogens (primary N) is 1. The van der Waals surface area contributed by atoms with E-state index in [2.05, 4.69) is 20.9 Å². The molecule has 0 atom stereocenters. The van der Waals surface area contributed by atoms with Crippen molar-refractivity contribution in [1.29, 1.82) is 0 Å². The maximum atomic E-state index is 13.4. The third-order valence-electron chi connectivity index (χ3n) is 1.88. The summed E-state index contributed by atoms with van der Waals surface area (Å²) in [5.41, 5.74) is 6.19. The maximum absolute atomic E-state index is 13.4. The van der Waals surface area contributed by atoms with Crippen molar-refractivity contribution >= 4 is 44.2 Å². The molecule has 2 N–H and O–H groups in total. The molecule has 0 fully saturated rings. The average Bonchev–Trinajstić information content (AvgIpc) is 2.66. The van der Waals surface area contributed by atoms with Gasteiger partial charge in [0, 0.05) is 10.2 Å². The highest BCUT2D eigenvalue weighted by Gasteiger charge is 2.05. The topological polar surface area (TPSA) is 38.9 Å². The van der Waals surface area contributed by atoms with Gasteiger partial charge < -0.3 is 5.73 Å². The van der Waals surface area contributed by atoms with E-state index in [9.17, 15) is 4.39 Å². The van der Waals surface area contributed by atoms with Crippen molar-refractivity contribution in [1.82, 2.24) is 4.98 Å². The summed E-state index contributed by atoms with van der Waals surface area (Å²) in [5, 5.41) is 0.539. The molecule has 0 unspecified atom stereocenters. The fourth-order valence-corrected chi connectivity index (χ4v) is 3.28. The van der Waals surface area contributed by atoms with E-state index >= 15 is 0 Å². The van der Waals surface area contributed by atoms with Gasteiger partial charge in [0.2, 0.25) is 0 Å². The normalized spacial score (nSPS) is 10.6. The number of thioether (sulfide) groups is 1. The van der Waals surface area contributed by atoms with Crippen molar-refractivity contribution in [2.75, 3.05) is 5.73 Å². The van der Waals surface area contributed by atoms with E-state index in [-0.39, 0.29) is 5.82 Å². The van der Waals surface area contributed by atoms with Crippen molar-refractivity contribution in [3.63, 3.8) is 0 Å².